The summed E-state index contributed by atoms with van der Waals surface area (Å²) in [5.41, 5.74) is -0.410. The molecule has 0 fully saturated rings. The van der Waals surface area contributed by atoms with E-state index in [1.54, 1.807) is 0 Å². The van der Waals surface area contributed by atoms with E-state index in [1.807, 2.05) is 6.92 Å². The van der Waals surface area contributed by atoms with Crippen molar-refractivity contribution < 1.29 is 22.5 Å². The lowest BCUT2D eigenvalue weighted by Crippen LogP contribution is -2.22. The monoisotopic (exact) mass is 273 g/mol. The number of carbonyl (C=O) groups is 1. The van der Waals surface area contributed by atoms with Crippen LogP contribution in [0.15, 0.2) is 23.0 Å². The molecule has 0 spiro atoms. The molecular formula is C11H10F3N3O2. The summed E-state index contributed by atoms with van der Waals surface area (Å²) in [7, 11) is 0. The summed E-state index contributed by atoms with van der Waals surface area (Å²) in [6, 6.07) is 1.11. The van der Waals surface area contributed by atoms with E-state index < -0.39 is 17.5 Å². The van der Waals surface area contributed by atoms with Crippen molar-refractivity contribution in [3.8, 4) is 0 Å². The Morgan fingerprint density at radius 3 is 2.79 bits per heavy atom. The van der Waals surface area contributed by atoms with Crippen molar-refractivity contribution in [3.05, 3.63) is 35.7 Å². The molecule has 0 aliphatic rings. The molecule has 0 amide bonds. The molecule has 2 aromatic heterocycles. The number of hydrogen-bond acceptors (Lipinski definition) is 4. The van der Waals surface area contributed by atoms with Crippen LogP contribution in [0.2, 0.25) is 0 Å². The first kappa shape index (κ1) is 13.3. The highest BCUT2D eigenvalue weighted by atomic mass is 19.4. The Bertz CT molecular complexity index is 586. The first-order chi connectivity index (χ1) is 8.90. The smallest absolute Gasteiger partial charge is 0.346 e. The van der Waals surface area contributed by atoms with Gasteiger partial charge in [0.2, 0.25) is 5.89 Å². The second kappa shape index (κ2) is 4.87. The minimum atomic E-state index is -4.87. The molecule has 0 saturated carbocycles. The van der Waals surface area contributed by atoms with Crippen molar-refractivity contribution in [2.75, 3.05) is 0 Å². The predicted octanol–water partition coefficient (Wildman–Crippen LogP) is 2.23. The minimum Gasteiger partial charge on any atom is -0.346 e. The highest BCUT2D eigenvalue weighted by Crippen LogP contribution is 2.21. The van der Waals surface area contributed by atoms with Crippen LogP contribution in [0.25, 0.3) is 0 Å². The zero-order valence-electron chi connectivity index (χ0n) is 9.94. The number of aryl methyl sites for hydroxylation is 1. The SMILES string of the molecule is CCc1nc(Cn2ccc(C(=O)C(F)(F)F)c2)no1. The molecule has 102 valence electrons. The summed E-state index contributed by atoms with van der Waals surface area (Å²) in [5.74, 6) is -1.07. The van der Waals surface area contributed by atoms with Gasteiger partial charge in [-0.15, -0.1) is 0 Å². The van der Waals surface area contributed by atoms with Crippen LogP contribution >= 0.6 is 0 Å². The molecule has 19 heavy (non-hydrogen) atoms. The molecule has 0 aromatic carbocycles. The van der Waals surface area contributed by atoms with E-state index in [1.165, 1.54) is 10.8 Å². The van der Waals surface area contributed by atoms with Gasteiger partial charge in [-0.1, -0.05) is 12.1 Å². The molecule has 0 bridgehead atoms. The second-order valence-corrected chi connectivity index (χ2v) is 3.86. The highest BCUT2D eigenvalue weighted by Gasteiger charge is 2.39. The van der Waals surface area contributed by atoms with Crippen molar-refractivity contribution in [2.45, 2.75) is 26.1 Å². The van der Waals surface area contributed by atoms with Crippen LogP contribution in [-0.2, 0) is 13.0 Å². The van der Waals surface area contributed by atoms with E-state index in [0.717, 1.165) is 12.3 Å². The largest absolute Gasteiger partial charge is 0.454 e. The van der Waals surface area contributed by atoms with Gasteiger partial charge in [-0.2, -0.15) is 18.2 Å². The molecule has 0 atom stereocenters. The lowest BCUT2D eigenvalue weighted by atomic mass is 10.2. The number of ketones is 1. The zero-order chi connectivity index (χ0) is 14.0. The van der Waals surface area contributed by atoms with Gasteiger partial charge in [-0.3, -0.25) is 4.79 Å². The summed E-state index contributed by atoms with van der Waals surface area (Å²) in [6.07, 6.45) is -1.82. The number of carbonyl (C=O) groups excluding carboxylic acids is 1. The number of hydrogen-bond donors (Lipinski definition) is 0. The second-order valence-electron chi connectivity index (χ2n) is 3.86. The van der Waals surface area contributed by atoms with Crippen LogP contribution in [0.1, 0.15) is 29.0 Å². The summed E-state index contributed by atoms with van der Waals surface area (Å²) in [4.78, 5) is 15.0. The number of nitrogens with zero attached hydrogens (tertiary/aromatic N) is 3. The van der Waals surface area contributed by atoms with E-state index in [2.05, 4.69) is 10.1 Å². The summed E-state index contributed by atoms with van der Waals surface area (Å²) in [6.45, 7) is 1.99. The van der Waals surface area contributed by atoms with Gasteiger partial charge in [-0.25, -0.2) is 0 Å². The average molecular weight is 273 g/mol. The van der Waals surface area contributed by atoms with E-state index >= 15 is 0 Å². The van der Waals surface area contributed by atoms with Gasteiger partial charge in [0.15, 0.2) is 5.82 Å². The predicted molar refractivity (Wildman–Crippen MR) is 57.6 cm³/mol. The summed E-state index contributed by atoms with van der Waals surface area (Å²) in [5, 5.41) is 3.67. The first-order valence-corrected chi connectivity index (χ1v) is 5.49. The van der Waals surface area contributed by atoms with Gasteiger partial charge in [0.1, 0.15) is 0 Å². The number of Topliss-reactive ketones (excluding diaryl/α,β-unsaturated/α-hetero) is 1. The van der Waals surface area contributed by atoms with Gasteiger partial charge in [0.25, 0.3) is 5.78 Å². The maximum Gasteiger partial charge on any atom is 0.454 e. The molecule has 0 aliphatic heterocycles. The van der Waals surface area contributed by atoms with E-state index in [9.17, 15) is 18.0 Å². The van der Waals surface area contributed by atoms with Gasteiger partial charge < -0.3 is 9.09 Å². The molecule has 0 saturated heterocycles. The van der Waals surface area contributed by atoms with E-state index in [0.29, 0.717) is 18.1 Å². The number of aromatic nitrogens is 3. The van der Waals surface area contributed by atoms with E-state index in [4.69, 9.17) is 4.52 Å². The molecule has 0 N–H and O–H groups in total. The molecule has 0 unspecified atom stereocenters. The molecule has 2 rings (SSSR count). The van der Waals surface area contributed by atoms with Crippen LogP contribution in [0.4, 0.5) is 13.2 Å². The van der Waals surface area contributed by atoms with Gasteiger partial charge >= 0.3 is 6.18 Å². The molecule has 8 heteroatoms. The maximum absolute atomic E-state index is 12.2. The fourth-order valence-electron chi connectivity index (χ4n) is 1.50. The lowest BCUT2D eigenvalue weighted by molar-refractivity contribution is -0.0885. The van der Waals surface area contributed by atoms with Crippen molar-refractivity contribution in [3.63, 3.8) is 0 Å². The van der Waals surface area contributed by atoms with Gasteiger partial charge in [0, 0.05) is 24.4 Å². The maximum atomic E-state index is 12.2. The van der Waals surface area contributed by atoms with Crippen molar-refractivity contribution in [2.24, 2.45) is 0 Å². The van der Waals surface area contributed by atoms with Crippen LogP contribution in [0, 0.1) is 0 Å². The fraction of sp³-hybridized carbons (Fsp3) is 0.364. The topological polar surface area (TPSA) is 60.9 Å². The number of halogens is 3. The van der Waals surface area contributed by atoms with Crippen LogP contribution in [0.3, 0.4) is 0 Å². The highest BCUT2D eigenvalue weighted by molar-refractivity contribution is 6.00. The average Bonchev–Trinajstić information content (AvgIpc) is 2.96. The Morgan fingerprint density at radius 2 is 2.21 bits per heavy atom. The Balaban J connectivity index is 2.11. The number of alkyl halides is 3. The molecule has 2 aromatic rings. The first-order valence-electron chi connectivity index (χ1n) is 5.49. The summed E-state index contributed by atoms with van der Waals surface area (Å²) >= 11 is 0. The minimum absolute atomic E-state index is 0.147. The fourth-order valence-corrected chi connectivity index (χ4v) is 1.50. The van der Waals surface area contributed by atoms with Crippen molar-refractivity contribution in [1.29, 1.82) is 0 Å². The third kappa shape index (κ3) is 3.01. The summed E-state index contributed by atoms with van der Waals surface area (Å²) < 4.78 is 42.9. The van der Waals surface area contributed by atoms with Crippen molar-refractivity contribution in [1.82, 2.24) is 14.7 Å². The van der Waals surface area contributed by atoms with Gasteiger partial charge in [-0.05, 0) is 6.07 Å². The Labute approximate surface area is 106 Å². The van der Waals surface area contributed by atoms with Crippen molar-refractivity contribution >= 4 is 5.78 Å². The Kier molecular flexibility index (Phi) is 3.41. The van der Waals surface area contributed by atoms with E-state index in [-0.39, 0.29) is 6.54 Å². The third-order valence-electron chi connectivity index (χ3n) is 2.41. The zero-order valence-corrected chi connectivity index (χ0v) is 9.94. The van der Waals surface area contributed by atoms with Crippen LogP contribution < -0.4 is 0 Å². The Morgan fingerprint density at radius 1 is 1.47 bits per heavy atom. The molecule has 0 aliphatic carbocycles. The van der Waals surface area contributed by atoms with Crippen LogP contribution in [0.5, 0.6) is 0 Å². The molecule has 5 nitrogen and oxygen atoms in total. The molecule has 2 heterocycles. The number of rotatable bonds is 4. The Hall–Kier alpha value is -2.12. The van der Waals surface area contributed by atoms with Gasteiger partial charge in [0.05, 0.1) is 6.54 Å². The quantitative estimate of drug-likeness (QED) is 0.801. The lowest BCUT2D eigenvalue weighted by Gasteiger charge is -2.02. The molecule has 0 radical (unpaired) electrons. The van der Waals surface area contributed by atoms with Crippen LogP contribution in [-0.4, -0.2) is 26.7 Å². The molecular weight excluding hydrogens is 263 g/mol. The standard InChI is InChI=1S/C11H10F3N3O2/c1-2-9-15-8(16-19-9)6-17-4-3-7(5-17)10(18)11(12,13)14/h3-5H,2,6H2,1H3. The third-order valence-corrected chi connectivity index (χ3v) is 2.41. The normalized spacial score (nSPS) is 11.8.